The van der Waals surface area contributed by atoms with Gasteiger partial charge in [0, 0.05) is 44.1 Å². The zero-order chi connectivity index (χ0) is 28.1. The Morgan fingerprint density at radius 2 is 1.72 bits per heavy atom. The molecule has 39 heavy (non-hydrogen) atoms. The average Bonchev–Trinajstić information content (AvgIpc) is 3.30. The maximum atomic E-state index is 12.7. The zero-order valence-corrected chi connectivity index (χ0v) is 25.5. The molecule has 0 spiro atoms. The van der Waals surface area contributed by atoms with E-state index in [1.165, 1.54) is 5.56 Å². The Bertz CT molecular complexity index is 1220. The van der Waals surface area contributed by atoms with Gasteiger partial charge < -0.3 is 19.1 Å². The number of carbonyl (C=O) groups is 1. The number of fused-ring (bicyclic) bond motifs is 1. The van der Waals surface area contributed by atoms with Crippen LogP contribution in [0.25, 0.3) is 10.9 Å². The molecule has 0 N–H and O–H groups in total. The molecule has 1 aliphatic heterocycles. The molecular formula is C31H45N3O4Si. The van der Waals surface area contributed by atoms with E-state index in [1.54, 1.807) is 0 Å². The van der Waals surface area contributed by atoms with Crippen molar-refractivity contribution in [2.45, 2.75) is 83.7 Å². The summed E-state index contributed by atoms with van der Waals surface area (Å²) in [4.78, 5) is 14.5. The standard InChI is InChI=1S/C31H45N3O4Si/c1-30(2,3)38-29(35)33-17-15-31(16-18-33,27-13-8-7-9-14-27)23-37-22-26-12-10-11-25-21-32-34(28(25)26)24-36-19-20-39(4,5)6/h7-14,21H,15-20,22-24H2,1-6H3. The first-order valence-electron chi connectivity index (χ1n) is 14.1. The van der Waals surface area contributed by atoms with E-state index in [4.69, 9.17) is 14.2 Å². The van der Waals surface area contributed by atoms with Crippen LogP contribution in [0.5, 0.6) is 0 Å². The molecule has 1 aliphatic rings. The van der Waals surface area contributed by atoms with Gasteiger partial charge in [0.05, 0.1) is 24.9 Å². The molecule has 2 aromatic carbocycles. The summed E-state index contributed by atoms with van der Waals surface area (Å²) in [6.45, 7) is 16.4. The highest BCUT2D eigenvalue weighted by Gasteiger charge is 2.38. The second-order valence-corrected chi connectivity index (χ2v) is 18.6. The molecule has 1 fully saturated rings. The number of likely N-dealkylation sites (tertiary alicyclic amines) is 1. The van der Waals surface area contributed by atoms with Gasteiger partial charge in [-0.1, -0.05) is 68.2 Å². The third-order valence-corrected chi connectivity index (χ3v) is 9.05. The van der Waals surface area contributed by atoms with E-state index >= 15 is 0 Å². The lowest BCUT2D eigenvalue weighted by molar-refractivity contribution is 0.00336. The molecule has 4 rings (SSSR count). The Hall–Kier alpha value is -2.68. The first-order chi connectivity index (χ1) is 18.5. The maximum Gasteiger partial charge on any atom is 0.410 e. The second kappa shape index (κ2) is 12.2. The molecule has 0 bridgehead atoms. The van der Waals surface area contributed by atoms with Crippen LogP contribution >= 0.6 is 0 Å². The van der Waals surface area contributed by atoms with Crippen LogP contribution in [-0.2, 0) is 33.0 Å². The first kappa shape index (κ1) is 29.3. The molecule has 0 atom stereocenters. The summed E-state index contributed by atoms with van der Waals surface area (Å²) in [7, 11) is -1.14. The molecular weight excluding hydrogens is 506 g/mol. The van der Waals surface area contributed by atoms with Crippen molar-refractivity contribution in [3.63, 3.8) is 0 Å². The number of hydrogen-bond acceptors (Lipinski definition) is 5. The summed E-state index contributed by atoms with van der Waals surface area (Å²) in [6.07, 6.45) is 3.31. The molecule has 3 aromatic rings. The van der Waals surface area contributed by atoms with Crippen molar-refractivity contribution in [2.24, 2.45) is 0 Å². The molecule has 8 heteroatoms. The van der Waals surface area contributed by atoms with Gasteiger partial charge in [-0.15, -0.1) is 0 Å². The van der Waals surface area contributed by atoms with Crippen LogP contribution in [0, 0.1) is 0 Å². The number of para-hydroxylation sites is 1. The summed E-state index contributed by atoms with van der Waals surface area (Å²) in [5, 5.41) is 5.69. The lowest BCUT2D eigenvalue weighted by Gasteiger charge is -2.42. The van der Waals surface area contributed by atoms with Gasteiger partial charge >= 0.3 is 6.09 Å². The van der Waals surface area contributed by atoms with Crippen LogP contribution in [0.3, 0.4) is 0 Å². The Kier molecular flexibility index (Phi) is 9.19. The van der Waals surface area contributed by atoms with Crippen molar-refractivity contribution in [3.8, 4) is 0 Å². The molecule has 212 valence electrons. The van der Waals surface area contributed by atoms with Crippen molar-refractivity contribution in [3.05, 3.63) is 65.9 Å². The largest absolute Gasteiger partial charge is 0.444 e. The van der Waals surface area contributed by atoms with Crippen LogP contribution in [-0.4, -0.2) is 60.8 Å². The van der Waals surface area contributed by atoms with Crippen LogP contribution < -0.4 is 0 Å². The fraction of sp³-hybridized carbons (Fsp3) is 0.548. The molecule has 0 radical (unpaired) electrons. The summed E-state index contributed by atoms with van der Waals surface area (Å²) >= 11 is 0. The lowest BCUT2D eigenvalue weighted by Crippen LogP contribution is -2.48. The van der Waals surface area contributed by atoms with Gasteiger partial charge in [-0.2, -0.15) is 5.10 Å². The Morgan fingerprint density at radius 3 is 2.38 bits per heavy atom. The Labute approximate surface area is 234 Å². The van der Waals surface area contributed by atoms with Gasteiger partial charge in [-0.3, -0.25) is 0 Å². The van der Waals surface area contributed by atoms with E-state index in [2.05, 4.69) is 67.2 Å². The van der Waals surface area contributed by atoms with Crippen LogP contribution in [0.1, 0.15) is 44.7 Å². The summed E-state index contributed by atoms with van der Waals surface area (Å²) in [5.74, 6) is 0. The lowest BCUT2D eigenvalue weighted by atomic mass is 9.73. The van der Waals surface area contributed by atoms with E-state index in [0.29, 0.717) is 33.0 Å². The van der Waals surface area contributed by atoms with Gasteiger partial charge in [-0.05, 0) is 45.2 Å². The number of piperidine rings is 1. The highest BCUT2D eigenvalue weighted by molar-refractivity contribution is 6.76. The topological polar surface area (TPSA) is 65.8 Å². The van der Waals surface area contributed by atoms with E-state index < -0.39 is 13.7 Å². The van der Waals surface area contributed by atoms with Gasteiger partial charge in [0.1, 0.15) is 12.3 Å². The monoisotopic (exact) mass is 551 g/mol. The number of amides is 1. The number of rotatable bonds is 10. The molecule has 0 unspecified atom stereocenters. The fourth-order valence-corrected chi connectivity index (χ4v) is 5.83. The van der Waals surface area contributed by atoms with Gasteiger partial charge in [0.2, 0.25) is 0 Å². The molecule has 7 nitrogen and oxygen atoms in total. The number of nitrogens with zero attached hydrogens (tertiary/aromatic N) is 3. The number of ether oxygens (including phenoxy) is 3. The summed E-state index contributed by atoms with van der Waals surface area (Å²) in [6, 6.07) is 18.0. The molecule has 1 saturated heterocycles. The normalized spacial score (nSPS) is 16.0. The first-order valence-corrected chi connectivity index (χ1v) is 17.8. The number of benzene rings is 2. The van der Waals surface area contributed by atoms with Crippen molar-refractivity contribution >= 4 is 25.1 Å². The summed E-state index contributed by atoms with van der Waals surface area (Å²) in [5.41, 5.74) is 2.77. The minimum absolute atomic E-state index is 0.159. The molecule has 2 heterocycles. The summed E-state index contributed by atoms with van der Waals surface area (Å²) < 4.78 is 20.1. The van der Waals surface area contributed by atoms with Gasteiger partial charge in [-0.25, -0.2) is 9.48 Å². The number of carbonyl (C=O) groups excluding carboxylic acids is 1. The Balaban J connectivity index is 1.43. The number of aromatic nitrogens is 2. The van der Waals surface area contributed by atoms with Crippen LogP contribution in [0.2, 0.25) is 25.7 Å². The van der Waals surface area contributed by atoms with E-state index in [-0.39, 0.29) is 11.5 Å². The van der Waals surface area contributed by atoms with Crippen molar-refractivity contribution in [2.75, 3.05) is 26.3 Å². The third-order valence-electron chi connectivity index (χ3n) is 7.35. The maximum absolute atomic E-state index is 12.7. The SMILES string of the molecule is CC(C)(C)OC(=O)N1CCC(COCc2cccc3cnn(COCC[Si](C)(C)C)c23)(c2ccccc2)CC1. The molecule has 1 amide bonds. The molecule has 0 aliphatic carbocycles. The minimum Gasteiger partial charge on any atom is -0.444 e. The van der Waals surface area contributed by atoms with Gasteiger partial charge in [0.15, 0.2) is 0 Å². The van der Waals surface area contributed by atoms with Crippen LogP contribution in [0.15, 0.2) is 54.7 Å². The fourth-order valence-electron chi connectivity index (χ4n) is 5.07. The molecule has 0 saturated carbocycles. The van der Waals surface area contributed by atoms with E-state index in [0.717, 1.165) is 42.0 Å². The quantitative estimate of drug-likeness (QED) is 0.204. The van der Waals surface area contributed by atoms with Crippen molar-refractivity contribution in [1.29, 1.82) is 0 Å². The van der Waals surface area contributed by atoms with Crippen LogP contribution in [0.4, 0.5) is 4.79 Å². The third kappa shape index (κ3) is 7.93. The predicted molar refractivity (Wildman–Crippen MR) is 159 cm³/mol. The molecule has 1 aromatic heterocycles. The van der Waals surface area contributed by atoms with E-state index in [9.17, 15) is 4.79 Å². The highest BCUT2D eigenvalue weighted by Crippen LogP contribution is 2.37. The van der Waals surface area contributed by atoms with Crippen molar-refractivity contribution < 1.29 is 19.0 Å². The van der Waals surface area contributed by atoms with E-state index in [1.807, 2.05) is 42.6 Å². The highest BCUT2D eigenvalue weighted by atomic mass is 28.3. The Morgan fingerprint density at radius 1 is 1.00 bits per heavy atom. The zero-order valence-electron chi connectivity index (χ0n) is 24.5. The van der Waals surface area contributed by atoms with Crippen molar-refractivity contribution in [1.82, 2.24) is 14.7 Å². The number of hydrogen-bond donors (Lipinski definition) is 0. The predicted octanol–water partition coefficient (Wildman–Crippen LogP) is 6.83. The smallest absolute Gasteiger partial charge is 0.410 e. The second-order valence-electron chi connectivity index (χ2n) is 13.0. The van der Waals surface area contributed by atoms with Gasteiger partial charge in [0.25, 0.3) is 0 Å². The minimum atomic E-state index is -1.14. The average molecular weight is 552 g/mol.